The Morgan fingerprint density at radius 1 is 1.04 bits per heavy atom. The minimum Gasteiger partial charge on any atom is -0.508 e. The number of fused-ring (bicyclic) bond motifs is 1. The first-order valence-electron chi connectivity index (χ1n) is 15.7. The lowest BCUT2D eigenvalue weighted by Gasteiger charge is -2.39. The molecule has 1 aliphatic heterocycles. The van der Waals surface area contributed by atoms with Gasteiger partial charge in [0.1, 0.15) is 11.8 Å². The second-order valence-electron chi connectivity index (χ2n) is 12.1. The highest BCUT2D eigenvalue weighted by Gasteiger charge is 2.49. The van der Waals surface area contributed by atoms with Crippen molar-refractivity contribution in [2.45, 2.75) is 67.4 Å². The number of phenols is 1. The van der Waals surface area contributed by atoms with Crippen LogP contribution >= 0.6 is 11.8 Å². The van der Waals surface area contributed by atoms with Crippen LogP contribution in [0, 0.1) is 5.41 Å². The first kappa shape index (κ1) is 37.4. The SMILES string of the molecule is CCCCC1(CC)CS(=O)(=O)c2ccc(SCC(=O)N[C@@H](C(=O)NCCS(=O)(=O)O)c3ccc(O)cc3)cc2C(c2ccccc2)C1O. The number of hydrogen-bond acceptors (Lipinski definition) is 9. The summed E-state index contributed by atoms with van der Waals surface area (Å²) >= 11 is 1.13. The number of unbranched alkanes of at least 4 members (excludes halogenated alkanes) is 1. The molecule has 3 aromatic carbocycles. The topological polar surface area (TPSA) is 187 Å². The Balaban J connectivity index is 1.61. The molecule has 2 amide bonds. The number of aliphatic hydroxyl groups is 1. The fraction of sp³-hybridized carbons (Fsp3) is 0.412. The Bertz CT molecular complexity index is 1800. The maximum absolute atomic E-state index is 13.9. The Kier molecular flexibility index (Phi) is 12.3. The van der Waals surface area contributed by atoms with E-state index in [2.05, 4.69) is 10.6 Å². The van der Waals surface area contributed by atoms with Crippen LogP contribution < -0.4 is 10.6 Å². The molecule has 0 saturated carbocycles. The molecule has 0 spiro atoms. The maximum Gasteiger partial charge on any atom is 0.266 e. The molecule has 0 bridgehead atoms. The van der Waals surface area contributed by atoms with E-state index in [1.54, 1.807) is 18.2 Å². The number of hydrogen-bond donors (Lipinski definition) is 5. The van der Waals surface area contributed by atoms with E-state index >= 15 is 0 Å². The molecule has 3 aromatic rings. The zero-order chi connectivity index (χ0) is 35.1. The van der Waals surface area contributed by atoms with Gasteiger partial charge in [0.25, 0.3) is 10.1 Å². The lowest BCUT2D eigenvalue weighted by Crippen LogP contribution is -2.42. The highest BCUT2D eigenvalue weighted by atomic mass is 32.2. The molecule has 0 radical (unpaired) electrons. The molecule has 0 aliphatic carbocycles. The van der Waals surface area contributed by atoms with Gasteiger partial charge in [-0.2, -0.15) is 8.42 Å². The molecule has 3 unspecified atom stereocenters. The number of phenolic OH excluding ortho intramolecular Hbond substituents is 1. The summed E-state index contributed by atoms with van der Waals surface area (Å²) in [7, 11) is -8.11. The van der Waals surface area contributed by atoms with Gasteiger partial charge in [0.15, 0.2) is 9.84 Å². The molecule has 1 aliphatic rings. The fourth-order valence-electron chi connectivity index (χ4n) is 6.19. The Labute approximate surface area is 286 Å². The first-order chi connectivity index (χ1) is 22.7. The van der Waals surface area contributed by atoms with E-state index in [9.17, 15) is 36.6 Å². The van der Waals surface area contributed by atoms with E-state index in [4.69, 9.17) is 4.55 Å². The number of amides is 2. The number of sulfone groups is 1. The van der Waals surface area contributed by atoms with Gasteiger partial charge in [-0.25, -0.2) is 8.42 Å². The van der Waals surface area contributed by atoms with Gasteiger partial charge in [-0.3, -0.25) is 14.1 Å². The normalized spacial score (nSPS) is 21.0. The fourth-order valence-corrected chi connectivity index (χ4v) is 9.56. The van der Waals surface area contributed by atoms with Crippen LogP contribution in [0.5, 0.6) is 5.75 Å². The molecule has 1 heterocycles. The average Bonchev–Trinajstić information content (AvgIpc) is 3.11. The predicted molar refractivity (Wildman–Crippen MR) is 184 cm³/mol. The molecular weight excluding hydrogens is 677 g/mol. The van der Waals surface area contributed by atoms with Gasteiger partial charge in [-0.05, 0) is 59.9 Å². The van der Waals surface area contributed by atoms with Crippen LogP contribution in [-0.4, -0.2) is 73.3 Å². The van der Waals surface area contributed by atoms with Crippen LogP contribution in [0.3, 0.4) is 0 Å². The lowest BCUT2D eigenvalue weighted by molar-refractivity contribution is -0.128. The third kappa shape index (κ3) is 9.17. The third-order valence-corrected chi connectivity index (χ3v) is 12.5. The van der Waals surface area contributed by atoms with E-state index in [1.807, 2.05) is 44.2 Å². The predicted octanol–water partition coefficient (Wildman–Crippen LogP) is 4.21. The van der Waals surface area contributed by atoms with Crippen molar-refractivity contribution in [3.8, 4) is 5.75 Å². The van der Waals surface area contributed by atoms with Gasteiger partial charge in [0.2, 0.25) is 11.8 Å². The molecule has 4 rings (SSSR count). The van der Waals surface area contributed by atoms with E-state index in [1.165, 1.54) is 24.3 Å². The number of thioether (sulfide) groups is 1. The molecule has 260 valence electrons. The highest BCUT2D eigenvalue weighted by Crippen LogP contribution is 2.49. The maximum atomic E-state index is 13.9. The zero-order valence-corrected chi connectivity index (χ0v) is 29.3. The molecule has 0 fully saturated rings. The van der Waals surface area contributed by atoms with Gasteiger partial charge in [0.05, 0.1) is 28.3 Å². The largest absolute Gasteiger partial charge is 0.508 e. The monoisotopic (exact) mass is 718 g/mol. The van der Waals surface area contributed by atoms with Crippen molar-refractivity contribution in [1.82, 2.24) is 10.6 Å². The van der Waals surface area contributed by atoms with Gasteiger partial charge >= 0.3 is 0 Å². The quantitative estimate of drug-likeness (QED) is 0.119. The summed E-state index contributed by atoms with van der Waals surface area (Å²) in [6.45, 7) is 3.57. The Morgan fingerprint density at radius 2 is 1.73 bits per heavy atom. The second-order valence-corrected chi connectivity index (χ2v) is 16.6. The summed E-state index contributed by atoms with van der Waals surface area (Å²) < 4.78 is 59.0. The summed E-state index contributed by atoms with van der Waals surface area (Å²) in [5, 5.41) is 26.8. The summed E-state index contributed by atoms with van der Waals surface area (Å²) in [6, 6.07) is 18.5. The van der Waals surface area contributed by atoms with Gasteiger partial charge in [-0.1, -0.05) is 69.2 Å². The van der Waals surface area contributed by atoms with E-state index in [-0.39, 0.29) is 28.7 Å². The van der Waals surface area contributed by atoms with Crippen LogP contribution in [0.2, 0.25) is 0 Å². The number of aromatic hydroxyl groups is 1. The van der Waals surface area contributed by atoms with Crippen molar-refractivity contribution < 1.29 is 41.2 Å². The lowest BCUT2D eigenvalue weighted by atomic mass is 9.69. The average molecular weight is 719 g/mol. The number of aliphatic hydroxyl groups excluding tert-OH is 1. The molecule has 5 N–H and O–H groups in total. The first-order valence-corrected chi connectivity index (χ1v) is 20.0. The van der Waals surface area contributed by atoms with Crippen LogP contribution in [0.25, 0.3) is 0 Å². The van der Waals surface area contributed by atoms with Crippen LogP contribution in [0.15, 0.2) is 82.6 Å². The van der Waals surface area contributed by atoms with E-state index in [0.717, 1.165) is 30.2 Å². The minimum absolute atomic E-state index is 0.0585. The smallest absolute Gasteiger partial charge is 0.266 e. The van der Waals surface area contributed by atoms with Crippen LogP contribution in [-0.2, 0) is 29.5 Å². The summed E-state index contributed by atoms with van der Waals surface area (Å²) in [5.41, 5.74) is 0.723. The molecule has 0 saturated heterocycles. The molecule has 48 heavy (non-hydrogen) atoms. The Hall–Kier alpha value is -3.43. The highest BCUT2D eigenvalue weighted by molar-refractivity contribution is 8.00. The summed E-state index contributed by atoms with van der Waals surface area (Å²) in [5.74, 6) is -3.00. The Morgan fingerprint density at radius 3 is 2.35 bits per heavy atom. The number of carbonyl (C=O) groups is 2. The van der Waals surface area contributed by atoms with Gasteiger partial charge in [-0.15, -0.1) is 11.8 Å². The number of rotatable bonds is 14. The van der Waals surface area contributed by atoms with E-state index < -0.39 is 61.0 Å². The molecule has 4 atom stereocenters. The van der Waals surface area contributed by atoms with Crippen molar-refractivity contribution in [3.05, 3.63) is 89.5 Å². The number of nitrogens with one attached hydrogen (secondary N) is 2. The van der Waals surface area contributed by atoms with Gasteiger partial charge in [0, 0.05) is 22.8 Å². The molecular formula is C34H42N2O9S3. The molecule has 0 aromatic heterocycles. The van der Waals surface area contributed by atoms with E-state index in [0.29, 0.717) is 28.9 Å². The number of benzene rings is 3. The summed E-state index contributed by atoms with van der Waals surface area (Å²) in [6.07, 6.45) is 1.70. The van der Waals surface area contributed by atoms with Crippen molar-refractivity contribution in [2.75, 3.05) is 23.8 Å². The van der Waals surface area contributed by atoms with Crippen molar-refractivity contribution in [3.63, 3.8) is 0 Å². The minimum atomic E-state index is -4.32. The second kappa shape index (κ2) is 15.9. The zero-order valence-electron chi connectivity index (χ0n) is 26.8. The van der Waals surface area contributed by atoms with Gasteiger partial charge < -0.3 is 20.8 Å². The molecule has 11 nitrogen and oxygen atoms in total. The third-order valence-electron chi connectivity index (χ3n) is 8.79. The molecule has 14 heteroatoms. The summed E-state index contributed by atoms with van der Waals surface area (Å²) in [4.78, 5) is 26.9. The van der Waals surface area contributed by atoms with Crippen molar-refractivity contribution >= 4 is 43.5 Å². The van der Waals surface area contributed by atoms with Crippen LogP contribution in [0.1, 0.15) is 68.2 Å². The standard InChI is InChI=1S/C34H42N2O9S3/c1-3-5-17-34(4-2)22-47(41,42)28-16-15-26(20-27(28)30(32(34)39)23-9-7-6-8-10-23)46-21-29(38)36-31(24-11-13-25(37)14-12-24)33(40)35-18-19-48(43,44)45/h6-16,20,30-32,37,39H,3-5,17-19,21-22H2,1-2H3,(H,35,40)(H,36,38)(H,43,44,45)/t30?,31-,32?,34?/m1/s1. The van der Waals surface area contributed by atoms with Crippen molar-refractivity contribution in [2.24, 2.45) is 5.41 Å². The van der Waals surface area contributed by atoms with Crippen molar-refractivity contribution in [1.29, 1.82) is 0 Å². The van der Waals surface area contributed by atoms with Crippen LogP contribution in [0.4, 0.5) is 0 Å². The number of carbonyl (C=O) groups excluding carboxylic acids is 2.